The van der Waals surface area contributed by atoms with Gasteiger partial charge in [0.2, 0.25) is 5.96 Å². The monoisotopic (exact) mass is 221 g/mol. The Bertz CT molecular complexity index is 463. The Labute approximate surface area is 91.3 Å². The molecule has 0 saturated carbocycles. The Morgan fingerprint density at radius 2 is 2.00 bits per heavy atom. The van der Waals surface area contributed by atoms with Crippen LogP contribution in [0.25, 0.3) is 0 Å². The van der Waals surface area contributed by atoms with E-state index in [1.807, 2.05) is 0 Å². The van der Waals surface area contributed by atoms with Crippen LogP contribution in [0.15, 0.2) is 28.4 Å². The highest BCUT2D eigenvalue weighted by atomic mass is 16.3. The summed E-state index contributed by atoms with van der Waals surface area (Å²) in [6, 6.07) is 4.24. The third-order valence-corrected chi connectivity index (χ3v) is 1.67. The van der Waals surface area contributed by atoms with Gasteiger partial charge in [-0.05, 0) is 23.8 Å². The van der Waals surface area contributed by atoms with Gasteiger partial charge in [0.15, 0.2) is 0 Å². The number of aromatic hydroxyl groups is 1. The molecule has 0 bridgehead atoms. The molecule has 7 nitrogen and oxygen atoms in total. The number of carbonyl (C=O) groups excluding carboxylic acids is 1. The molecule has 0 unspecified atom stereocenters. The molecule has 0 atom stereocenters. The number of rotatable bonds is 3. The van der Waals surface area contributed by atoms with Crippen LogP contribution in [-0.2, 0) is 0 Å². The second-order valence-electron chi connectivity index (χ2n) is 2.91. The van der Waals surface area contributed by atoms with Crippen molar-refractivity contribution in [3.05, 3.63) is 29.3 Å². The predicted molar refractivity (Wildman–Crippen MR) is 60.0 cm³/mol. The first-order chi connectivity index (χ1) is 7.50. The van der Waals surface area contributed by atoms with Gasteiger partial charge in [-0.1, -0.05) is 0 Å². The summed E-state index contributed by atoms with van der Waals surface area (Å²) in [6.07, 6.45) is 1.32. The maximum Gasteiger partial charge on any atom is 0.252 e. The van der Waals surface area contributed by atoms with Gasteiger partial charge in [0.1, 0.15) is 5.75 Å². The highest BCUT2D eigenvalue weighted by Gasteiger charge is 2.06. The summed E-state index contributed by atoms with van der Waals surface area (Å²) in [7, 11) is 0. The number of amides is 1. The molecule has 1 aromatic carbocycles. The first-order valence-electron chi connectivity index (χ1n) is 4.25. The van der Waals surface area contributed by atoms with Crippen molar-refractivity contribution < 1.29 is 9.90 Å². The maximum absolute atomic E-state index is 10.9. The van der Waals surface area contributed by atoms with Crippen LogP contribution in [0.2, 0.25) is 0 Å². The summed E-state index contributed by atoms with van der Waals surface area (Å²) in [5.41, 5.74) is 15.7. The molecule has 16 heavy (non-hydrogen) atoms. The lowest BCUT2D eigenvalue weighted by Gasteiger charge is -2.00. The number of nitrogens with zero attached hydrogens (tertiary/aromatic N) is 2. The minimum Gasteiger partial charge on any atom is -0.507 e. The van der Waals surface area contributed by atoms with Crippen molar-refractivity contribution in [2.75, 3.05) is 0 Å². The third-order valence-electron chi connectivity index (χ3n) is 1.67. The van der Waals surface area contributed by atoms with Gasteiger partial charge in [-0.3, -0.25) is 4.79 Å². The lowest BCUT2D eigenvalue weighted by atomic mass is 10.1. The first-order valence-corrected chi connectivity index (χ1v) is 4.25. The molecule has 0 fully saturated rings. The molecule has 0 heterocycles. The van der Waals surface area contributed by atoms with Crippen LogP contribution in [-0.4, -0.2) is 23.2 Å². The van der Waals surface area contributed by atoms with E-state index in [9.17, 15) is 9.90 Å². The van der Waals surface area contributed by atoms with Gasteiger partial charge in [0, 0.05) is 0 Å². The highest BCUT2D eigenvalue weighted by molar-refractivity contribution is 5.97. The molecule has 0 saturated heterocycles. The van der Waals surface area contributed by atoms with Gasteiger partial charge in [-0.25, -0.2) is 0 Å². The quantitative estimate of drug-likeness (QED) is 0.298. The Kier molecular flexibility index (Phi) is 3.44. The van der Waals surface area contributed by atoms with Gasteiger partial charge >= 0.3 is 0 Å². The van der Waals surface area contributed by atoms with Gasteiger partial charge in [0.05, 0.1) is 11.8 Å². The Morgan fingerprint density at radius 3 is 2.56 bits per heavy atom. The van der Waals surface area contributed by atoms with Crippen molar-refractivity contribution in [2.24, 2.45) is 27.4 Å². The van der Waals surface area contributed by atoms with E-state index >= 15 is 0 Å². The fourth-order valence-corrected chi connectivity index (χ4v) is 0.994. The van der Waals surface area contributed by atoms with Crippen molar-refractivity contribution in [2.45, 2.75) is 0 Å². The van der Waals surface area contributed by atoms with Crippen molar-refractivity contribution in [1.29, 1.82) is 0 Å². The Morgan fingerprint density at radius 1 is 1.31 bits per heavy atom. The summed E-state index contributed by atoms with van der Waals surface area (Å²) < 4.78 is 0. The summed E-state index contributed by atoms with van der Waals surface area (Å²) in [5.74, 6) is -1.09. The van der Waals surface area contributed by atoms with E-state index in [4.69, 9.17) is 17.2 Å². The lowest BCUT2D eigenvalue weighted by molar-refractivity contribution is 0.0998. The van der Waals surface area contributed by atoms with Crippen molar-refractivity contribution in [3.63, 3.8) is 0 Å². The SMILES string of the molecule is NC(=O)c1cc(C=NN=C(N)N)ccc1O. The molecular weight excluding hydrogens is 210 g/mol. The molecule has 7 N–H and O–H groups in total. The molecule has 0 aliphatic rings. The van der Waals surface area contributed by atoms with Crippen LogP contribution in [0.5, 0.6) is 5.75 Å². The van der Waals surface area contributed by atoms with Gasteiger partial charge in [-0.2, -0.15) is 5.10 Å². The van der Waals surface area contributed by atoms with Gasteiger partial charge < -0.3 is 22.3 Å². The average Bonchev–Trinajstić information content (AvgIpc) is 2.19. The topological polar surface area (TPSA) is 140 Å². The highest BCUT2D eigenvalue weighted by Crippen LogP contribution is 2.16. The molecule has 0 aliphatic carbocycles. The van der Waals surface area contributed by atoms with Crippen molar-refractivity contribution >= 4 is 18.1 Å². The Balaban J connectivity index is 3.00. The molecule has 1 rings (SSSR count). The molecule has 0 radical (unpaired) electrons. The number of benzene rings is 1. The first kappa shape index (κ1) is 11.5. The minimum atomic E-state index is -0.727. The standard InChI is InChI=1S/C9H11N5O2/c10-8(16)6-3-5(1-2-7(6)15)4-13-14-9(11)12/h1-4,15H,(H2,10,16)(H4,11,12,14). The normalized spacial score (nSPS) is 10.2. The summed E-state index contributed by atoms with van der Waals surface area (Å²) in [5, 5.41) is 16.2. The largest absolute Gasteiger partial charge is 0.507 e. The second-order valence-corrected chi connectivity index (χ2v) is 2.91. The Hall–Kier alpha value is -2.57. The number of guanidine groups is 1. The van der Waals surface area contributed by atoms with Crippen molar-refractivity contribution in [1.82, 2.24) is 0 Å². The van der Waals surface area contributed by atoms with Gasteiger partial charge in [-0.15, -0.1) is 5.10 Å². The number of primary amides is 1. The molecular formula is C9H11N5O2. The molecule has 0 spiro atoms. The van der Waals surface area contributed by atoms with Gasteiger partial charge in [0.25, 0.3) is 5.91 Å². The number of hydrogen-bond donors (Lipinski definition) is 4. The van der Waals surface area contributed by atoms with E-state index in [0.29, 0.717) is 5.56 Å². The van der Waals surface area contributed by atoms with Crippen LogP contribution in [0.3, 0.4) is 0 Å². The van der Waals surface area contributed by atoms with E-state index in [-0.39, 0.29) is 17.3 Å². The van der Waals surface area contributed by atoms with Crippen LogP contribution >= 0.6 is 0 Å². The molecule has 7 heteroatoms. The minimum absolute atomic E-state index is 0.00801. The van der Waals surface area contributed by atoms with Crippen LogP contribution in [0.1, 0.15) is 15.9 Å². The molecule has 84 valence electrons. The second kappa shape index (κ2) is 4.78. The van der Waals surface area contributed by atoms with E-state index < -0.39 is 5.91 Å². The maximum atomic E-state index is 10.9. The fourth-order valence-electron chi connectivity index (χ4n) is 0.994. The number of nitrogens with two attached hydrogens (primary N) is 3. The smallest absolute Gasteiger partial charge is 0.252 e. The number of carbonyl (C=O) groups is 1. The molecule has 1 aromatic rings. The summed E-state index contributed by atoms with van der Waals surface area (Å²) in [4.78, 5) is 10.9. The zero-order valence-corrected chi connectivity index (χ0v) is 8.29. The van der Waals surface area contributed by atoms with E-state index in [1.54, 1.807) is 0 Å². The predicted octanol–water partition coefficient (Wildman–Crippen LogP) is -0.902. The van der Waals surface area contributed by atoms with E-state index in [2.05, 4.69) is 10.2 Å². The number of phenols is 1. The van der Waals surface area contributed by atoms with Crippen molar-refractivity contribution in [3.8, 4) is 5.75 Å². The van der Waals surface area contributed by atoms with Crippen LogP contribution in [0.4, 0.5) is 0 Å². The lowest BCUT2D eigenvalue weighted by Crippen LogP contribution is -2.21. The van der Waals surface area contributed by atoms with Crippen LogP contribution < -0.4 is 17.2 Å². The zero-order chi connectivity index (χ0) is 12.1. The number of hydrogen-bond acceptors (Lipinski definition) is 4. The summed E-state index contributed by atoms with van der Waals surface area (Å²) in [6.45, 7) is 0. The summed E-state index contributed by atoms with van der Waals surface area (Å²) >= 11 is 0. The fraction of sp³-hybridized carbons (Fsp3) is 0. The molecule has 1 amide bonds. The third kappa shape index (κ3) is 2.98. The van der Waals surface area contributed by atoms with E-state index in [1.165, 1.54) is 24.4 Å². The van der Waals surface area contributed by atoms with Crippen LogP contribution in [0, 0.1) is 0 Å². The zero-order valence-electron chi connectivity index (χ0n) is 8.29. The molecule has 0 aliphatic heterocycles. The van der Waals surface area contributed by atoms with E-state index in [0.717, 1.165) is 0 Å². The molecule has 0 aromatic heterocycles. The average molecular weight is 221 g/mol.